The maximum atomic E-state index is 12.1. The van der Waals surface area contributed by atoms with Crippen LogP contribution in [0.25, 0.3) is 0 Å². The summed E-state index contributed by atoms with van der Waals surface area (Å²) >= 11 is 0. The molecule has 22 heavy (non-hydrogen) atoms. The number of amides is 2. The van der Waals surface area contributed by atoms with Crippen molar-refractivity contribution < 1.29 is 14.4 Å². The molecule has 1 fully saturated rings. The van der Waals surface area contributed by atoms with E-state index in [0.717, 1.165) is 17.8 Å². The minimum absolute atomic E-state index is 0.230. The summed E-state index contributed by atoms with van der Waals surface area (Å²) in [4.78, 5) is 30.9. The first kappa shape index (κ1) is 16.3. The molecule has 1 aromatic rings. The van der Waals surface area contributed by atoms with E-state index in [1.165, 1.54) is 12.7 Å². The van der Waals surface area contributed by atoms with Gasteiger partial charge in [-0.25, -0.2) is 5.06 Å². The SMILES string of the molecule is CCc1ccc(N(OC)C2CCC(=O)NC2=O)c(N(C)C)c1. The number of rotatable bonds is 5. The highest BCUT2D eigenvalue weighted by Crippen LogP contribution is 2.32. The average Bonchev–Trinajstić information content (AvgIpc) is 2.50. The standard InChI is InChI=1S/C16H23N3O3/c1-5-11-6-7-12(14(10-11)18(2)3)19(22-4)13-8-9-15(20)17-16(13)21/h6-7,10,13H,5,8-9H2,1-4H3,(H,17,20,21). The molecular weight excluding hydrogens is 282 g/mol. The Balaban J connectivity index is 2.38. The molecule has 1 aromatic carbocycles. The third-order valence-electron chi connectivity index (χ3n) is 3.86. The lowest BCUT2D eigenvalue weighted by Gasteiger charge is -2.34. The second-order valence-electron chi connectivity index (χ2n) is 5.55. The van der Waals surface area contributed by atoms with Crippen LogP contribution in [0.2, 0.25) is 0 Å². The minimum atomic E-state index is -0.506. The van der Waals surface area contributed by atoms with Crippen LogP contribution in [0, 0.1) is 0 Å². The predicted octanol–water partition coefficient (Wildman–Crippen LogP) is 1.49. The van der Waals surface area contributed by atoms with E-state index in [-0.39, 0.29) is 11.8 Å². The van der Waals surface area contributed by atoms with Gasteiger partial charge in [0.2, 0.25) is 5.91 Å². The first-order valence-corrected chi connectivity index (χ1v) is 7.45. The number of nitrogens with zero attached hydrogens (tertiary/aromatic N) is 2. The molecule has 6 heteroatoms. The van der Waals surface area contributed by atoms with Crippen LogP contribution >= 0.6 is 0 Å². The fraction of sp³-hybridized carbons (Fsp3) is 0.500. The average molecular weight is 305 g/mol. The highest BCUT2D eigenvalue weighted by Gasteiger charge is 2.33. The van der Waals surface area contributed by atoms with Crippen molar-refractivity contribution in [2.24, 2.45) is 0 Å². The zero-order chi connectivity index (χ0) is 16.3. The summed E-state index contributed by atoms with van der Waals surface area (Å²) in [6, 6.07) is 5.57. The lowest BCUT2D eigenvalue weighted by molar-refractivity contribution is -0.135. The monoisotopic (exact) mass is 305 g/mol. The van der Waals surface area contributed by atoms with Crippen LogP contribution in [0.4, 0.5) is 11.4 Å². The van der Waals surface area contributed by atoms with Crippen molar-refractivity contribution in [3.05, 3.63) is 23.8 Å². The summed E-state index contributed by atoms with van der Waals surface area (Å²) in [6.07, 6.45) is 1.70. The van der Waals surface area contributed by atoms with Gasteiger partial charge in [-0.2, -0.15) is 0 Å². The molecule has 120 valence electrons. The van der Waals surface area contributed by atoms with E-state index >= 15 is 0 Å². The first-order chi connectivity index (χ1) is 10.5. The quantitative estimate of drug-likeness (QED) is 0.659. The fourth-order valence-corrected chi connectivity index (χ4v) is 2.63. The van der Waals surface area contributed by atoms with E-state index < -0.39 is 6.04 Å². The Hall–Kier alpha value is -2.08. The Kier molecular flexibility index (Phi) is 5.03. The van der Waals surface area contributed by atoms with Crippen molar-refractivity contribution in [2.75, 3.05) is 31.2 Å². The third kappa shape index (κ3) is 3.22. The van der Waals surface area contributed by atoms with Crippen molar-refractivity contribution >= 4 is 23.2 Å². The van der Waals surface area contributed by atoms with Crippen molar-refractivity contribution in [3.63, 3.8) is 0 Å². The number of carbonyl (C=O) groups is 2. The molecule has 1 aliphatic rings. The Labute approximate surface area is 131 Å². The van der Waals surface area contributed by atoms with Crippen LogP contribution in [0.15, 0.2) is 18.2 Å². The van der Waals surface area contributed by atoms with Crippen LogP contribution in [0.5, 0.6) is 0 Å². The van der Waals surface area contributed by atoms with Crippen LogP contribution in [-0.2, 0) is 20.8 Å². The number of imide groups is 1. The number of hydrogen-bond acceptors (Lipinski definition) is 5. The topological polar surface area (TPSA) is 61.9 Å². The van der Waals surface area contributed by atoms with E-state index in [0.29, 0.717) is 12.8 Å². The minimum Gasteiger partial charge on any atom is -0.376 e. The van der Waals surface area contributed by atoms with E-state index in [1.807, 2.05) is 31.1 Å². The molecule has 0 bridgehead atoms. The summed E-state index contributed by atoms with van der Waals surface area (Å²) in [5.41, 5.74) is 3.01. The van der Waals surface area contributed by atoms with Gasteiger partial charge >= 0.3 is 0 Å². The zero-order valence-corrected chi connectivity index (χ0v) is 13.5. The third-order valence-corrected chi connectivity index (χ3v) is 3.86. The molecule has 1 aliphatic heterocycles. The first-order valence-electron chi connectivity index (χ1n) is 7.45. The summed E-state index contributed by atoms with van der Waals surface area (Å²) in [5, 5.41) is 3.97. The molecule has 6 nitrogen and oxygen atoms in total. The Morgan fingerprint density at radius 2 is 2.00 bits per heavy atom. The number of benzene rings is 1. The lowest BCUT2D eigenvalue weighted by atomic mass is 10.0. The lowest BCUT2D eigenvalue weighted by Crippen LogP contribution is -2.52. The largest absolute Gasteiger partial charge is 0.376 e. The number of aryl methyl sites for hydroxylation is 1. The molecule has 0 spiro atoms. The van der Waals surface area contributed by atoms with Crippen molar-refractivity contribution in [1.82, 2.24) is 5.32 Å². The number of piperidine rings is 1. The second kappa shape index (κ2) is 6.79. The molecule has 0 radical (unpaired) electrons. The van der Waals surface area contributed by atoms with Crippen LogP contribution in [0.1, 0.15) is 25.3 Å². The second-order valence-corrected chi connectivity index (χ2v) is 5.55. The van der Waals surface area contributed by atoms with Crippen molar-refractivity contribution in [1.29, 1.82) is 0 Å². The molecule has 1 heterocycles. The van der Waals surface area contributed by atoms with Crippen LogP contribution < -0.4 is 15.3 Å². The van der Waals surface area contributed by atoms with Gasteiger partial charge in [0.1, 0.15) is 6.04 Å². The van der Waals surface area contributed by atoms with Gasteiger partial charge in [-0.15, -0.1) is 0 Å². The Morgan fingerprint density at radius 3 is 2.55 bits per heavy atom. The van der Waals surface area contributed by atoms with E-state index in [1.54, 1.807) is 5.06 Å². The summed E-state index contributed by atoms with van der Waals surface area (Å²) in [7, 11) is 5.45. The highest BCUT2D eigenvalue weighted by molar-refractivity contribution is 6.01. The number of hydroxylamine groups is 1. The number of anilines is 2. The molecule has 2 amide bonds. The van der Waals surface area contributed by atoms with Gasteiger partial charge in [-0.1, -0.05) is 13.0 Å². The Morgan fingerprint density at radius 1 is 1.27 bits per heavy atom. The number of hydrogen-bond donors (Lipinski definition) is 1. The number of nitrogens with one attached hydrogen (secondary N) is 1. The summed E-state index contributed by atoms with van der Waals surface area (Å²) in [5.74, 6) is -0.547. The molecule has 1 unspecified atom stereocenters. The van der Waals surface area contributed by atoms with Crippen LogP contribution in [-0.4, -0.2) is 39.1 Å². The predicted molar refractivity (Wildman–Crippen MR) is 85.8 cm³/mol. The maximum absolute atomic E-state index is 12.1. The van der Waals surface area contributed by atoms with Gasteiger partial charge in [0.05, 0.1) is 18.5 Å². The molecule has 0 saturated carbocycles. The Bertz CT molecular complexity index is 572. The van der Waals surface area contributed by atoms with E-state index in [2.05, 4.69) is 18.3 Å². The van der Waals surface area contributed by atoms with Crippen molar-refractivity contribution in [3.8, 4) is 0 Å². The van der Waals surface area contributed by atoms with Gasteiger partial charge in [0.25, 0.3) is 5.91 Å². The molecule has 1 saturated heterocycles. The summed E-state index contributed by atoms with van der Waals surface area (Å²) in [6.45, 7) is 2.10. The maximum Gasteiger partial charge on any atom is 0.251 e. The summed E-state index contributed by atoms with van der Waals surface area (Å²) < 4.78 is 0. The molecular formula is C16H23N3O3. The molecule has 0 aromatic heterocycles. The fourth-order valence-electron chi connectivity index (χ4n) is 2.63. The normalized spacial score (nSPS) is 18.1. The van der Waals surface area contributed by atoms with Gasteiger partial charge < -0.3 is 4.90 Å². The van der Waals surface area contributed by atoms with Gasteiger partial charge in [-0.3, -0.25) is 19.7 Å². The smallest absolute Gasteiger partial charge is 0.251 e. The van der Waals surface area contributed by atoms with Crippen LogP contribution in [0.3, 0.4) is 0 Å². The molecule has 0 aliphatic carbocycles. The molecule has 1 atom stereocenters. The molecule has 2 rings (SSSR count). The zero-order valence-electron chi connectivity index (χ0n) is 13.5. The van der Waals surface area contributed by atoms with Gasteiger partial charge in [0, 0.05) is 20.5 Å². The van der Waals surface area contributed by atoms with Gasteiger partial charge in [-0.05, 0) is 30.5 Å². The van der Waals surface area contributed by atoms with Gasteiger partial charge in [0.15, 0.2) is 0 Å². The van der Waals surface area contributed by atoms with E-state index in [9.17, 15) is 9.59 Å². The highest BCUT2D eigenvalue weighted by atomic mass is 16.7. The number of carbonyl (C=O) groups excluding carboxylic acids is 2. The van der Waals surface area contributed by atoms with E-state index in [4.69, 9.17) is 4.84 Å². The van der Waals surface area contributed by atoms with Crippen molar-refractivity contribution in [2.45, 2.75) is 32.2 Å². The molecule has 1 N–H and O–H groups in total.